The van der Waals surface area contributed by atoms with Crippen molar-refractivity contribution in [3.8, 4) is 0 Å². The van der Waals surface area contributed by atoms with Crippen LogP contribution in [-0.4, -0.2) is 37.6 Å². The molecule has 23 heavy (non-hydrogen) atoms. The van der Waals surface area contributed by atoms with E-state index in [-0.39, 0.29) is 6.61 Å². The largest absolute Gasteiger partial charge is 0.388 e. The van der Waals surface area contributed by atoms with E-state index in [4.69, 9.17) is 14.2 Å². The molecule has 0 unspecified atom stereocenters. The third-order valence-corrected chi connectivity index (χ3v) is 3.53. The molecule has 0 aromatic heterocycles. The highest BCUT2D eigenvalue weighted by Crippen LogP contribution is 2.07. The molecule has 0 aliphatic rings. The molecule has 0 aliphatic carbocycles. The van der Waals surface area contributed by atoms with Gasteiger partial charge in [-0.15, -0.1) is 0 Å². The minimum atomic E-state index is -0.723. The average molecular weight is 316 g/mol. The number of methoxy groups -OCH3 is 1. The standard InChI is InChI=1S/C19H24O4/c1-21-19(15-23-13-17-10-6-3-7-11-17)18(20)14-22-12-16-8-4-2-5-9-16/h2-11,18-20H,12-15H2,1H3/t18-,19+/m1/s1. The molecule has 0 saturated heterocycles. The van der Waals surface area contributed by atoms with Crippen molar-refractivity contribution in [1.29, 1.82) is 0 Å². The number of aliphatic hydroxyl groups is 1. The smallest absolute Gasteiger partial charge is 0.109 e. The topological polar surface area (TPSA) is 47.9 Å². The predicted molar refractivity (Wildman–Crippen MR) is 89.0 cm³/mol. The van der Waals surface area contributed by atoms with Crippen LogP contribution in [0.3, 0.4) is 0 Å². The molecule has 0 fully saturated rings. The third-order valence-electron chi connectivity index (χ3n) is 3.53. The molecule has 2 aromatic carbocycles. The van der Waals surface area contributed by atoms with Crippen LogP contribution >= 0.6 is 0 Å². The number of hydrogen-bond acceptors (Lipinski definition) is 4. The summed E-state index contributed by atoms with van der Waals surface area (Å²) in [6, 6.07) is 19.8. The fraction of sp³-hybridized carbons (Fsp3) is 0.368. The van der Waals surface area contributed by atoms with Gasteiger partial charge in [-0.25, -0.2) is 0 Å². The Morgan fingerprint density at radius 1 is 0.783 bits per heavy atom. The fourth-order valence-electron chi connectivity index (χ4n) is 2.18. The second kappa shape index (κ2) is 10.1. The molecule has 0 aliphatic heterocycles. The normalized spacial score (nSPS) is 13.7. The predicted octanol–water partition coefficient (Wildman–Crippen LogP) is 2.80. The van der Waals surface area contributed by atoms with E-state index in [1.807, 2.05) is 60.7 Å². The first-order valence-electron chi connectivity index (χ1n) is 7.74. The Hall–Kier alpha value is -1.72. The van der Waals surface area contributed by atoms with Gasteiger partial charge in [-0.3, -0.25) is 0 Å². The molecule has 124 valence electrons. The Morgan fingerprint density at radius 3 is 1.74 bits per heavy atom. The van der Waals surface area contributed by atoms with Gasteiger partial charge in [0.15, 0.2) is 0 Å². The van der Waals surface area contributed by atoms with E-state index >= 15 is 0 Å². The second-order valence-electron chi connectivity index (χ2n) is 5.34. The zero-order valence-electron chi connectivity index (χ0n) is 13.4. The minimum Gasteiger partial charge on any atom is -0.388 e. The average Bonchev–Trinajstić information content (AvgIpc) is 2.60. The van der Waals surface area contributed by atoms with Crippen molar-refractivity contribution in [1.82, 2.24) is 0 Å². The molecule has 0 radical (unpaired) electrons. The van der Waals surface area contributed by atoms with Crippen molar-refractivity contribution in [3.05, 3.63) is 71.8 Å². The summed E-state index contributed by atoms with van der Waals surface area (Å²) in [6.07, 6.45) is -1.13. The quantitative estimate of drug-likeness (QED) is 0.732. The molecule has 2 rings (SSSR count). The monoisotopic (exact) mass is 316 g/mol. The molecule has 2 aromatic rings. The first kappa shape index (κ1) is 17.6. The molecular formula is C19H24O4. The maximum atomic E-state index is 10.2. The lowest BCUT2D eigenvalue weighted by Crippen LogP contribution is -2.36. The van der Waals surface area contributed by atoms with Gasteiger partial charge in [0.1, 0.15) is 12.2 Å². The van der Waals surface area contributed by atoms with E-state index in [1.54, 1.807) is 7.11 Å². The molecule has 4 heteroatoms. The summed E-state index contributed by atoms with van der Waals surface area (Å²) < 4.78 is 16.5. The van der Waals surface area contributed by atoms with Crippen molar-refractivity contribution in [2.45, 2.75) is 25.4 Å². The third kappa shape index (κ3) is 6.50. The van der Waals surface area contributed by atoms with Gasteiger partial charge < -0.3 is 19.3 Å². The maximum absolute atomic E-state index is 10.2. The molecule has 1 N–H and O–H groups in total. The van der Waals surface area contributed by atoms with Crippen LogP contribution in [0.5, 0.6) is 0 Å². The van der Waals surface area contributed by atoms with Crippen molar-refractivity contribution in [2.75, 3.05) is 20.3 Å². The lowest BCUT2D eigenvalue weighted by molar-refractivity contribution is -0.0920. The van der Waals surface area contributed by atoms with Gasteiger partial charge >= 0.3 is 0 Å². The van der Waals surface area contributed by atoms with Crippen molar-refractivity contribution in [3.63, 3.8) is 0 Å². The van der Waals surface area contributed by atoms with E-state index in [1.165, 1.54) is 0 Å². The van der Waals surface area contributed by atoms with Crippen LogP contribution < -0.4 is 0 Å². The van der Waals surface area contributed by atoms with Crippen LogP contribution in [0.15, 0.2) is 60.7 Å². The summed E-state index contributed by atoms with van der Waals surface area (Å²) in [5.41, 5.74) is 2.17. The van der Waals surface area contributed by atoms with Gasteiger partial charge in [-0.2, -0.15) is 0 Å². The van der Waals surface area contributed by atoms with Crippen molar-refractivity contribution in [2.24, 2.45) is 0 Å². The summed E-state index contributed by atoms with van der Waals surface area (Å²) in [5, 5.41) is 10.2. The molecule has 4 nitrogen and oxygen atoms in total. The second-order valence-corrected chi connectivity index (χ2v) is 5.34. The number of hydrogen-bond donors (Lipinski definition) is 1. The van der Waals surface area contributed by atoms with Crippen LogP contribution in [0.2, 0.25) is 0 Å². The Bertz CT molecular complexity index is 530. The number of benzene rings is 2. The van der Waals surface area contributed by atoms with Gasteiger partial charge in [0.05, 0.1) is 26.4 Å². The SMILES string of the molecule is CO[C@@H](COCc1ccccc1)[C@H](O)COCc1ccccc1. The first-order valence-corrected chi connectivity index (χ1v) is 7.74. The van der Waals surface area contributed by atoms with E-state index in [0.717, 1.165) is 11.1 Å². The number of rotatable bonds is 10. The molecule has 0 heterocycles. The Kier molecular flexibility index (Phi) is 7.77. The van der Waals surface area contributed by atoms with Gasteiger partial charge in [0, 0.05) is 7.11 Å². The Balaban J connectivity index is 1.67. The minimum absolute atomic E-state index is 0.210. The summed E-state index contributed by atoms with van der Waals surface area (Å²) >= 11 is 0. The number of aliphatic hydroxyl groups excluding tert-OH is 1. The molecule has 0 saturated carbocycles. The van der Waals surface area contributed by atoms with Crippen molar-refractivity contribution >= 4 is 0 Å². The maximum Gasteiger partial charge on any atom is 0.109 e. The first-order chi connectivity index (χ1) is 11.3. The van der Waals surface area contributed by atoms with E-state index in [2.05, 4.69) is 0 Å². The van der Waals surface area contributed by atoms with Gasteiger partial charge in [0.25, 0.3) is 0 Å². The van der Waals surface area contributed by atoms with Crippen LogP contribution in [0, 0.1) is 0 Å². The molecular weight excluding hydrogens is 292 g/mol. The van der Waals surface area contributed by atoms with E-state index in [9.17, 15) is 5.11 Å². The molecule has 0 spiro atoms. The summed E-state index contributed by atoms with van der Waals surface area (Å²) in [5.74, 6) is 0. The Morgan fingerprint density at radius 2 is 1.26 bits per heavy atom. The summed E-state index contributed by atoms with van der Waals surface area (Å²) in [4.78, 5) is 0. The van der Waals surface area contributed by atoms with Crippen LogP contribution in [-0.2, 0) is 27.4 Å². The highest BCUT2D eigenvalue weighted by molar-refractivity contribution is 5.14. The zero-order valence-corrected chi connectivity index (χ0v) is 13.4. The Labute approximate surface area is 137 Å². The lowest BCUT2D eigenvalue weighted by atomic mass is 10.2. The van der Waals surface area contributed by atoms with Gasteiger partial charge in [-0.05, 0) is 11.1 Å². The van der Waals surface area contributed by atoms with Crippen LogP contribution in [0.1, 0.15) is 11.1 Å². The molecule has 0 amide bonds. The highest BCUT2D eigenvalue weighted by Gasteiger charge is 2.19. The van der Waals surface area contributed by atoms with E-state index in [0.29, 0.717) is 19.8 Å². The molecule has 0 bridgehead atoms. The van der Waals surface area contributed by atoms with Crippen LogP contribution in [0.25, 0.3) is 0 Å². The summed E-state index contributed by atoms with van der Waals surface area (Å²) in [6.45, 7) is 1.50. The highest BCUT2D eigenvalue weighted by atomic mass is 16.5. The number of ether oxygens (including phenoxy) is 3. The van der Waals surface area contributed by atoms with E-state index < -0.39 is 12.2 Å². The lowest BCUT2D eigenvalue weighted by Gasteiger charge is -2.21. The van der Waals surface area contributed by atoms with Gasteiger partial charge in [-0.1, -0.05) is 60.7 Å². The zero-order chi connectivity index (χ0) is 16.3. The van der Waals surface area contributed by atoms with Crippen molar-refractivity contribution < 1.29 is 19.3 Å². The summed E-state index contributed by atoms with van der Waals surface area (Å²) in [7, 11) is 1.57. The van der Waals surface area contributed by atoms with Crippen LogP contribution in [0.4, 0.5) is 0 Å². The fourth-order valence-corrected chi connectivity index (χ4v) is 2.18. The van der Waals surface area contributed by atoms with Gasteiger partial charge in [0.2, 0.25) is 0 Å². The molecule has 2 atom stereocenters.